The van der Waals surface area contributed by atoms with Gasteiger partial charge in [-0.1, -0.05) is 0 Å². The van der Waals surface area contributed by atoms with Crippen molar-refractivity contribution in [2.75, 3.05) is 19.0 Å². The summed E-state index contributed by atoms with van der Waals surface area (Å²) in [4.78, 5) is 36.8. The van der Waals surface area contributed by atoms with E-state index in [2.05, 4.69) is 21.2 Å². The predicted molar refractivity (Wildman–Crippen MR) is 98.1 cm³/mol. The molecular formula is C17H15BrFNO5S. The topological polar surface area (TPSA) is 81.7 Å². The van der Waals surface area contributed by atoms with E-state index in [1.165, 1.54) is 30.6 Å². The molecule has 0 spiro atoms. The summed E-state index contributed by atoms with van der Waals surface area (Å²) in [6, 6.07) is 3.56. The molecule has 1 N–H and O–H groups in total. The van der Waals surface area contributed by atoms with Crippen LogP contribution in [0.15, 0.2) is 22.7 Å². The van der Waals surface area contributed by atoms with E-state index in [0.717, 1.165) is 10.9 Å². The zero-order valence-electron chi connectivity index (χ0n) is 14.1. The maximum Gasteiger partial charge on any atom is 0.341 e. The highest BCUT2D eigenvalue weighted by Gasteiger charge is 2.22. The number of methoxy groups -OCH3 is 1. The molecular weight excluding hydrogens is 429 g/mol. The second-order valence-corrected chi connectivity index (χ2v) is 7.31. The van der Waals surface area contributed by atoms with Gasteiger partial charge in [0.05, 0.1) is 18.2 Å². The quantitative estimate of drug-likeness (QED) is 0.709. The molecule has 0 aliphatic carbocycles. The molecule has 0 unspecified atom stereocenters. The summed E-state index contributed by atoms with van der Waals surface area (Å²) in [6.07, 6.45) is 0. The van der Waals surface area contributed by atoms with E-state index in [-0.39, 0.29) is 11.1 Å². The van der Waals surface area contributed by atoms with Gasteiger partial charge in [0.2, 0.25) is 0 Å². The number of carbonyl (C=O) groups excluding carboxylic acids is 3. The Morgan fingerprint density at radius 2 is 1.92 bits per heavy atom. The van der Waals surface area contributed by atoms with E-state index in [1.807, 2.05) is 6.92 Å². The van der Waals surface area contributed by atoms with Gasteiger partial charge in [-0.05, 0) is 53.5 Å². The fraction of sp³-hybridized carbons (Fsp3) is 0.235. The van der Waals surface area contributed by atoms with Crippen LogP contribution in [0.5, 0.6) is 0 Å². The minimum atomic E-state index is -0.849. The van der Waals surface area contributed by atoms with E-state index in [4.69, 9.17) is 9.47 Å². The molecule has 1 heterocycles. The van der Waals surface area contributed by atoms with Crippen LogP contribution in [0.1, 0.15) is 31.2 Å². The summed E-state index contributed by atoms with van der Waals surface area (Å²) >= 11 is 4.34. The van der Waals surface area contributed by atoms with Crippen LogP contribution < -0.4 is 5.32 Å². The van der Waals surface area contributed by atoms with E-state index in [9.17, 15) is 18.8 Å². The first-order valence-electron chi connectivity index (χ1n) is 7.35. The Balaban J connectivity index is 2.06. The lowest BCUT2D eigenvalue weighted by Crippen LogP contribution is -2.22. The number of carbonyl (C=O) groups is 3. The standard InChI is InChI=1S/C17H15BrFNO5S/c1-8-9(2)26-15(14(8)17(23)24-3)20-13(21)7-25-16(22)11-6-10(19)4-5-12(11)18/h4-6H,7H2,1-3H3,(H,20,21). The van der Waals surface area contributed by atoms with E-state index in [1.54, 1.807) is 6.92 Å². The van der Waals surface area contributed by atoms with Crippen molar-refractivity contribution in [3.05, 3.63) is 50.1 Å². The Bertz CT molecular complexity index is 880. The second-order valence-electron chi connectivity index (χ2n) is 5.23. The van der Waals surface area contributed by atoms with Crippen LogP contribution in [0.3, 0.4) is 0 Å². The van der Waals surface area contributed by atoms with Gasteiger partial charge in [0.15, 0.2) is 6.61 Å². The summed E-state index contributed by atoms with van der Waals surface area (Å²) in [5, 5.41) is 2.86. The lowest BCUT2D eigenvalue weighted by Gasteiger charge is -2.08. The summed E-state index contributed by atoms with van der Waals surface area (Å²) in [7, 11) is 1.25. The van der Waals surface area contributed by atoms with Crippen LogP contribution in [0.4, 0.5) is 9.39 Å². The van der Waals surface area contributed by atoms with Crippen molar-refractivity contribution in [3.8, 4) is 0 Å². The maximum atomic E-state index is 13.2. The molecule has 0 fully saturated rings. The number of rotatable bonds is 5. The monoisotopic (exact) mass is 443 g/mol. The zero-order valence-corrected chi connectivity index (χ0v) is 16.5. The van der Waals surface area contributed by atoms with Crippen molar-refractivity contribution in [2.45, 2.75) is 13.8 Å². The fourth-order valence-electron chi connectivity index (χ4n) is 2.09. The molecule has 0 atom stereocenters. The molecule has 0 saturated heterocycles. The molecule has 0 aliphatic rings. The zero-order chi connectivity index (χ0) is 19.4. The summed E-state index contributed by atoms with van der Waals surface area (Å²) < 4.78 is 23.2. The van der Waals surface area contributed by atoms with E-state index >= 15 is 0 Å². The molecule has 0 saturated carbocycles. The lowest BCUT2D eigenvalue weighted by atomic mass is 10.1. The number of benzene rings is 1. The number of nitrogens with one attached hydrogen (secondary N) is 1. The van der Waals surface area contributed by atoms with Gasteiger partial charge < -0.3 is 14.8 Å². The van der Waals surface area contributed by atoms with Gasteiger partial charge in [-0.25, -0.2) is 14.0 Å². The highest BCUT2D eigenvalue weighted by molar-refractivity contribution is 9.10. The minimum absolute atomic E-state index is 0.0316. The van der Waals surface area contributed by atoms with Crippen molar-refractivity contribution in [1.29, 1.82) is 0 Å². The van der Waals surface area contributed by atoms with Gasteiger partial charge in [0.25, 0.3) is 5.91 Å². The number of anilines is 1. The number of esters is 2. The van der Waals surface area contributed by atoms with Crippen LogP contribution in [0.2, 0.25) is 0 Å². The molecule has 2 aromatic rings. The Hall–Kier alpha value is -2.26. The first-order valence-corrected chi connectivity index (χ1v) is 8.95. The van der Waals surface area contributed by atoms with Crippen LogP contribution in [-0.4, -0.2) is 31.6 Å². The largest absolute Gasteiger partial charge is 0.465 e. The third-order valence-electron chi connectivity index (χ3n) is 3.51. The van der Waals surface area contributed by atoms with Crippen molar-refractivity contribution in [1.82, 2.24) is 0 Å². The average Bonchev–Trinajstić information content (AvgIpc) is 2.88. The van der Waals surface area contributed by atoms with Gasteiger partial charge in [0.1, 0.15) is 10.8 Å². The lowest BCUT2D eigenvalue weighted by molar-refractivity contribution is -0.119. The third kappa shape index (κ3) is 4.47. The van der Waals surface area contributed by atoms with Crippen molar-refractivity contribution in [2.24, 2.45) is 0 Å². The van der Waals surface area contributed by atoms with Crippen LogP contribution in [-0.2, 0) is 14.3 Å². The smallest absolute Gasteiger partial charge is 0.341 e. The number of ether oxygens (including phenoxy) is 2. The first-order chi connectivity index (χ1) is 12.2. The second kappa shape index (κ2) is 8.41. The summed E-state index contributed by atoms with van der Waals surface area (Å²) in [5.41, 5.74) is 0.941. The van der Waals surface area contributed by atoms with Gasteiger partial charge in [-0.2, -0.15) is 0 Å². The molecule has 1 aromatic carbocycles. The van der Waals surface area contributed by atoms with Crippen molar-refractivity contribution in [3.63, 3.8) is 0 Å². The predicted octanol–water partition coefficient (Wildman–Crippen LogP) is 3.85. The average molecular weight is 444 g/mol. The number of hydrogen-bond donors (Lipinski definition) is 1. The number of halogens is 2. The van der Waals surface area contributed by atoms with Crippen LogP contribution in [0.25, 0.3) is 0 Å². The highest BCUT2D eigenvalue weighted by atomic mass is 79.9. The highest BCUT2D eigenvalue weighted by Crippen LogP contribution is 2.32. The normalized spacial score (nSPS) is 10.3. The molecule has 26 heavy (non-hydrogen) atoms. The molecule has 0 radical (unpaired) electrons. The molecule has 6 nitrogen and oxygen atoms in total. The Morgan fingerprint density at radius 3 is 2.58 bits per heavy atom. The fourth-order valence-corrected chi connectivity index (χ4v) is 3.56. The molecule has 0 bridgehead atoms. The molecule has 2 rings (SSSR count). The third-order valence-corrected chi connectivity index (χ3v) is 5.32. The van der Waals surface area contributed by atoms with Crippen LogP contribution in [0, 0.1) is 19.7 Å². The number of aryl methyl sites for hydroxylation is 1. The van der Waals surface area contributed by atoms with Gasteiger partial charge >= 0.3 is 11.9 Å². The Morgan fingerprint density at radius 1 is 1.23 bits per heavy atom. The number of thiophene rings is 1. The minimum Gasteiger partial charge on any atom is -0.465 e. The Labute approximate surface area is 161 Å². The Kier molecular flexibility index (Phi) is 6.49. The van der Waals surface area contributed by atoms with Crippen molar-refractivity contribution < 1.29 is 28.2 Å². The summed E-state index contributed by atoms with van der Waals surface area (Å²) in [5.74, 6) is -2.64. The number of amides is 1. The molecule has 138 valence electrons. The van der Waals surface area contributed by atoms with Crippen molar-refractivity contribution >= 4 is 50.1 Å². The molecule has 1 amide bonds. The molecule has 1 aromatic heterocycles. The first kappa shape index (κ1) is 20.1. The van der Waals surface area contributed by atoms with Gasteiger partial charge in [-0.15, -0.1) is 11.3 Å². The molecule has 0 aliphatic heterocycles. The van der Waals surface area contributed by atoms with E-state index < -0.39 is 30.3 Å². The SMILES string of the molecule is COC(=O)c1c(NC(=O)COC(=O)c2cc(F)ccc2Br)sc(C)c1C. The van der Waals surface area contributed by atoms with Gasteiger partial charge in [0, 0.05) is 9.35 Å². The summed E-state index contributed by atoms with van der Waals surface area (Å²) in [6.45, 7) is 2.97. The van der Waals surface area contributed by atoms with Crippen LogP contribution >= 0.6 is 27.3 Å². The van der Waals surface area contributed by atoms with E-state index in [0.29, 0.717) is 15.0 Å². The van der Waals surface area contributed by atoms with Gasteiger partial charge in [-0.3, -0.25) is 4.79 Å². The molecule has 9 heteroatoms. The maximum absolute atomic E-state index is 13.2. The number of hydrogen-bond acceptors (Lipinski definition) is 6.